The summed E-state index contributed by atoms with van der Waals surface area (Å²) in [6.07, 6.45) is 5.13. The summed E-state index contributed by atoms with van der Waals surface area (Å²) in [7, 11) is 0. The molecule has 0 amide bonds. The Hall–Kier alpha value is -0.0800. The lowest BCUT2D eigenvalue weighted by atomic mass is 10.1. The molecule has 1 saturated carbocycles. The fraction of sp³-hybridized carbons (Fsp3) is 1.00. The molecule has 0 aromatic carbocycles. The predicted molar refractivity (Wildman–Crippen MR) is 33.2 cm³/mol. The molecule has 2 nitrogen and oxygen atoms in total. The Balaban J connectivity index is 1.97. The third-order valence-corrected chi connectivity index (χ3v) is 2.52. The van der Waals surface area contributed by atoms with Gasteiger partial charge in [-0.15, -0.1) is 0 Å². The number of epoxide rings is 1. The molecule has 9 heavy (non-hydrogen) atoms. The van der Waals surface area contributed by atoms with Gasteiger partial charge in [0.15, 0.2) is 0 Å². The van der Waals surface area contributed by atoms with E-state index >= 15 is 0 Å². The molecule has 1 N–H and O–H groups in total. The zero-order valence-electron chi connectivity index (χ0n) is 5.47. The summed E-state index contributed by atoms with van der Waals surface area (Å²) in [6.45, 7) is 0.222. The first-order chi connectivity index (χ1) is 4.37. The van der Waals surface area contributed by atoms with E-state index in [1.165, 1.54) is 25.7 Å². The van der Waals surface area contributed by atoms with Crippen LogP contribution in [0.5, 0.6) is 0 Å². The Morgan fingerprint density at radius 1 is 1.44 bits per heavy atom. The maximum atomic E-state index is 8.71. The highest BCUT2D eigenvalue weighted by molar-refractivity contribution is 5.05. The fourth-order valence-corrected chi connectivity index (χ4v) is 1.87. The monoisotopic (exact) mass is 128 g/mol. The van der Waals surface area contributed by atoms with Crippen LogP contribution in [0.1, 0.15) is 25.7 Å². The molecule has 0 unspecified atom stereocenters. The average Bonchev–Trinajstić information content (AvgIpc) is 2.30. The largest absolute Gasteiger partial charge is 0.394 e. The van der Waals surface area contributed by atoms with E-state index < -0.39 is 0 Å². The lowest BCUT2D eigenvalue weighted by Crippen LogP contribution is -2.11. The molecule has 1 atom stereocenters. The van der Waals surface area contributed by atoms with Crippen molar-refractivity contribution in [1.82, 2.24) is 0 Å². The average molecular weight is 128 g/mol. The molecule has 2 heteroatoms. The van der Waals surface area contributed by atoms with Crippen molar-refractivity contribution >= 4 is 0 Å². The molecule has 1 aliphatic heterocycles. The Labute approximate surface area is 54.8 Å². The van der Waals surface area contributed by atoms with Crippen LogP contribution < -0.4 is 0 Å². The molecule has 0 aromatic rings. The van der Waals surface area contributed by atoms with Crippen molar-refractivity contribution in [1.29, 1.82) is 0 Å². The van der Waals surface area contributed by atoms with Gasteiger partial charge in [-0.2, -0.15) is 0 Å². The summed E-state index contributed by atoms with van der Waals surface area (Å²) in [5.74, 6) is 0. The summed E-state index contributed by atoms with van der Waals surface area (Å²) in [6, 6.07) is 0. The lowest BCUT2D eigenvalue weighted by Gasteiger charge is -1.97. The highest BCUT2D eigenvalue weighted by atomic mass is 16.6. The van der Waals surface area contributed by atoms with Crippen molar-refractivity contribution in [3.8, 4) is 0 Å². The second-order valence-electron chi connectivity index (χ2n) is 3.06. The minimum absolute atomic E-state index is 0.161. The molecule has 2 aliphatic rings. The number of hydrogen-bond acceptors (Lipinski definition) is 2. The van der Waals surface area contributed by atoms with E-state index in [1.807, 2.05) is 0 Å². The smallest absolute Gasteiger partial charge is 0.110 e. The normalized spacial score (nSPS) is 37.7. The van der Waals surface area contributed by atoms with Gasteiger partial charge in [0, 0.05) is 0 Å². The minimum atomic E-state index is 0.161. The van der Waals surface area contributed by atoms with Crippen molar-refractivity contribution < 1.29 is 9.84 Å². The van der Waals surface area contributed by atoms with Crippen LogP contribution in [0.25, 0.3) is 0 Å². The van der Waals surface area contributed by atoms with E-state index in [4.69, 9.17) is 9.84 Å². The van der Waals surface area contributed by atoms with E-state index in [1.54, 1.807) is 0 Å². The molecule has 1 heterocycles. The van der Waals surface area contributed by atoms with Crippen molar-refractivity contribution in [2.24, 2.45) is 0 Å². The Morgan fingerprint density at radius 2 is 2.11 bits per heavy atom. The SMILES string of the molecule is OC[C@@H]1OC12CCCC2. The molecule has 0 radical (unpaired) electrons. The van der Waals surface area contributed by atoms with Crippen LogP contribution in [-0.2, 0) is 4.74 Å². The van der Waals surface area contributed by atoms with E-state index in [0.29, 0.717) is 0 Å². The van der Waals surface area contributed by atoms with Gasteiger partial charge in [0.05, 0.1) is 12.2 Å². The minimum Gasteiger partial charge on any atom is -0.394 e. The zero-order valence-corrected chi connectivity index (χ0v) is 5.47. The summed E-state index contributed by atoms with van der Waals surface area (Å²) in [5, 5.41) is 8.71. The Bertz CT molecular complexity index is 116. The Kier molecular flexibility index (Phi) is 1.08. The van der Waals surface area contributed by atoms with Crippen LogP contribution in [0, 0.1) is 0 Å². The zero-order chi connectivity index (χ0) is 6.32. The second kappa shape index (κ2) is 1.70. The van der Waals surface area contributed by atoms with E-state index in [-0.39, 0.29) is 18.3 Å². The molecule has 2 rings (SSSR count). The molecule has 1 saturated heterocycles. The molecule has 1 spiro atoms. The third kappa shape index (κ3) is 0.700. The van der Waals surface area contributed by atoms with Gasteiger partial charge < -0.3 is 9.84 Å². The van der Waals surface area contributed by atoms with Crippen LogP contribution in [-0.4, -0.2) is 23.4 Å². The number of aliphatic hydroxyl groups is 1. The first-order valence-electron chi connectivity index (χ1n) is 3.66. The van der Waals surface area contributed by atoms with Gasteiger partial charge in [-0.25, -0.2) is 0 Å². The number of rotatable bonds is 1. The Morgan fingerprint density at radius 3 is 2.56 bits per heavy atom. The highest BCUT2D eigenvalue weighted by Gasteiger charge is 2.56. The van der Waals surface area contributed by atoms with Gasteiger partial charge >= 0.3 is 0 Å². The molecule has 2 fully saturated rings. The summed E-state index contributed by atoms with van der Waals surface area (Å²) < 4.78 is 5.36. The molecule has 0 bridgehead atoms. The van der Waals surface area contributed by atoms with Crippen molar-refractivity contribution in [2.75, 3.05) is 6.61 Å². The quantitative estimate of drug-likeness (QED) is 0.527. The van der Waals surface area contributed by atoms with Gasteiger partial charge in [0.2, 0.25) is 0 Å². The van der Waals surface area contributed by atoms with Gasteiger partial charge in [0.1, 0.15) is 6.10 Å². The number of ether oxygens (including phenoxy) is 1. The highest BCUT2D eigenvalue weighted by Crippen LogP contribution is 2.49. The van der Waals surface area contributed by atoms with Gasteiger partial charge in [-0.05, 0) is 12.8 Å². The van der Waals surface area contributed by atoms with Gasteiger partial charge in [-0.3, -0.25) is 0 Å². The number of hydrogen-bond donors (Lipinski definition) is 1. The van der Waals surface area contributed by atoms with Crippen LogP contribution in [0.15, 0.2) is 0 Å². The van der Waals surface area contributed by atoms with E-state index in [9.17, 15) is 0 Å². The van der Waals surface area contributed by atoms with Crippen LogP contribution in [0.2, 0.25) is 0 Å². The predicted octanol–water partition coefficient (Wildman–Crippen LogP) is 0.690. The van der Waals surface area contributed by atoms with Gasteiger partial charge in [0.25, 0.3) is 0 Å². The molecule has 0 aromatic heterocycles. The van der Waals surface area contributed by atoms with E-state index in [0.717, 1.165) is 0 Å². The molecule has 1 aliphatic carbocycles. The van der Waals surface area contributed by atoms with Crippen molar-refractivity contribution in [3.05, 3.63) is 0 Å². The van der Waals surface area contributed by atoms with E-state index in [2.05, 4.69) is 0 Å². The summed E-state index contributed by atoms with van der Waals surface area (Å²) in [5.41, 5.74) is 0.161. The van der Waals surface area contributed by atoms with Crippen LogP contribution in [0.4, 0.5) is 0 Å². The summed E-state index contributed by atoms with van der Waals surface area (Å²) >= 11 is 0. The lowest BCUT2D eigenvalue weighted by molar-refractivity contribution is 0.235. The van der Waals surface area contributed by atoms with Crippen LogP contribution >= 0.6 is 0 Å². The maximum absolute atomic E-state index is 8.71. The van der Waals surface area contributed by atoms with Gasteiger partial charge in [-0.1, -0.05) is 12.8 Å². The molecular formula is C7H12O2. The standard InChI is InChI=1S/C7H12O2/c8-5-6-7(9-6)3-1-2-4-7/h6,8H,1-5H2/t6-/m0/s1. The topological polar surface area (TPSA) is 32.8 Å². The first-order valence-corrected chi connectivity index (χ1v) is 3.66. The maximum Gasteiger partial charge on any atom is 0.110 e. The number of aliphatic hydroxyl groups excluding tert-OH is 1. The second-order valence-corrected chi connectivity index (χ2v) is 3.06. The molecule has 52 valence electrons. The van der Waals surface area contributed by atoms with Crippen molar-refractivity contribution in [3.63, 3.8) is 0 Å². The third-order valence-electron chi connectivity index (χ3n) is 2.52. The fourth-order valence-electron chi connectivity index (χ4n) is 1.87. The van der Waals surface area contributed by atoms with Crippen molar-refractivity contribution in [2.45, 2.75) is 37.4 Å². The first kappa shape index (κ1) is 5.69. The van der Waals surface area contributed by atoms with Crippen LogP contribution in [0.3, 0.4) is 0 Å². The summed E-state index contributed by atoms with van der Waals surface area (Å²) in [4.78, 5) is 0. The molecular weight excluding hydrogens is 116 g/mol.